The predicted octanol–water partition coefficient (Wildman–Crippen LogP) is 5.13. The second-order valence-corrected chi connectivity index (χ2v) is 7.03. The van der Waals surface area contributed by atoms with Crippen LogP contribution >= 0.6 is 0 Å². The van der Waals surface area contributed by atoms with E-state index in [4.69, 9.17) is 0 Å². The summed E-state index contributed by atoms with van der Waals surface area (Å²) in [5, 5.41) is 0. The smallest absolute Gasteiger partial charge is 0.0357 e. The minimum Gasteiger partial charge on any atom is -0.0622 e. The van der Waals surface area contributed by atoms with Gasteiger partial charge in [0.2, 0.25) is 0 Å². The summed E-state index contributed by atoms with van der Waals surface area (Å²) in [6.07, 6.45) is 5.88. The molecule has 1 aliphatic rings. The van der Waals surface area contributed by atoms with Crippen molar-refractivity contribution in [2.24, 2.45) is 29.1 Å². The van der Waals surface area contributed by atoms with Crippen LogP contribution in [0, 0.1) is 29.1 Å². The summed E-state index contributed by atoms with van der Waals surface area (Å²) in [6.45, 7) is 14.5. The van der Waals surface area contributed by atoms with Gasteiger partial charge < -0.3 is 0 Å². The molecule has 1 fully saturated rings. The Bertz CT molecular complexity index is 183. The van der Waals surface area contributed by atoms with Crippen LogP contribution in [0.15, 0.2) is 0 Å². The van der Waals surface area contributed by atoms with Crippen molar-refractivity contribution in [3.8, 4) is 0 Å². The van der Waals surface area contributed by atoms with E-state index in [0.29, 0.717) is 5.41 Å². The van der Waals surface area contributed by atoms with Crippen LogP contribution in [0.3, 0.4) is 0 Å². The molecule has 0 heteroatoms. The minimum absolute atomic E-state index is 0.480. The Morgan fingerprint density at radius 3 is 1.93 bits per heavy atom. The molecule has 1 rings (SSSR count). The van der Waals surface area contributed by atoms with E-state index in [1.165, 1.54) is 25.7 Å². The Balaban J connectivity index is 2.36. The normalized spacial score (nSPS) is 24.4. The molecule has 0 bridgehead atoms. The van der Waals surface area contributed by atoms with Gasteiger partial charge in [0.1, 0.15) is 0 Å². The van der Waals surface area contributed by atoms with E-state index >= 15 is 0 Å². The van der Waals surface area contributed by atoms with Crippen LogP contribution < -0.4 is 0 Å². The molecule has 0 spiro atoms. The van der Waals surface area contributed by atoms with E-state index in [0.717, 1.165) is 23.7 Å². The highest BCUT2D eigenvalue weighted by atomic mass is 14.4. The maximum Gasteiger partial charge on any atom is -0.0357 e. The molecule has 3 unspecified atom stereocenters. The van der Waals surface area contributed by atoms with E-state index in [1.54, 1.807) is 0 Å². The maximum atomic E-state index is 2.48. The average Bonchev–Trinajstić information content (AvgIpc) is 1.98. The van der Waals surface area contributed by atoms with Crippen molar-refractivity contribution in [3.63, 3.8) is 0 Å². The van der Waals surface area contributed by atoms with Gasteiger partial charge in [-0.15, -0.1) is 0 Å². The van der Waals surface area contributed by atoms with Crippen LogP contribution in [0.25, 0.3) is 0 Å². The number of rotatable bonds is 4. The molecule has 0 heterocycles. The van der Waals surface area contributed by atoms with Crippen LogP contribution in [0.1, 0.15) is 67.2 Å². The van der Waals surface area contributed by atoms with Crippen LogP contribution in [0.4, 0.5) is 0 Å². The molecule has 15 heavy (non-hydrogen) atoms. The number of hydrogen-bond donors (Lipinski definition) is 0. The molecule has 0 aromatic carbocycles. The van der Waals surface area contributed by atoms with Crippen LogP contribution in [-0.4, -0.2) is 0 Å². The first-order valence-electron chi connectivity index (χ1n) is 6.82. The summed E-state index contributed by atoms with van der Waals surface area (Å²) in [5.41, 5.74) is 0.480. The van der Waals surface area contributed by atoms with E-state index in [-0.39, 0.29) is 0 Å². The van der Waals surface area contributed by atoms with Gasteiger partial charge in [0, 0.05) is 0 Å². The lowest BCUT2D eigenvalue weighted by atomic mass is 9.68. The molecule has 0 radical (unpaired) electrons. The van der Waals surface area contributed by atoms with Gasteiger partial charge in [0.05, 0.1) is 0 Å². The standard InChI is InChI=1S/C15H30/c1-11(10-12(2)15(4,5)6)13(3)14-8-7-9-14/h11-14H,7-10H2,1-6H3. The monoisotopic (exact) mass is 210 g/mol. The fraction of sp³-hybridized carbons (Fsp3) is 1.00. The van der Waals surface area contributed by atoms with Gasteiger partial charge in [-0.25, -0.2) is 0 Å². The first-order valence-corrected chi connectivity index (χ1v) is 6.82. The molecule has 0 aliphatic heterocycles. The Kier molecular flexibility index (Phi) is 4.26. The van der Waals surface area contributed by atoms with Gasteiger partial charge in [-0.2, -0.15) is 0 Å². The lowest BCUT2D eigenvalue weighted by Crippen LogP contribution is -2.28. The molecular weight excluding hydrogens is 180 g/mol. The molecule has 90 valence electrons. The molecule has 0 N–H and O–H groups in total. The lowest BCUT2D eigenvalue weighted by molar-refractivity contribution is 0.127. The van der Waals surface area contributed by atoms with Gasteiger partial charge in [0.15, 0.2) is 0 Å². The van der Waals surface area contributed by atoms with Crippen LogP contribution in [0.5, 0.6) is 0 Å². The van der Waals surface area contributed by atoms with Crippen molar-refractivity contribution in [3.05, 3.63) is 0 Å². The van der Waals surface area contributed by atoms with E-state index in [1.807, 2.05) is 0 Å². The average molecular weight is 210 g/mol. The van der Waals surface area contributed by atoms with Crippen molar-refractivity contribution in [2.45, 2.75) is 67.2 Å². The molecule has 1 aliphatic carbocycles. The topological polar surface area (TPSA) is 0 Å². The van der Waals surface area contributed by atoms with Gasteiger partial charge in [-0.1, -0.05) is 60.8 Å². The lowest BCUT2D eigenvalue weighted by Gasteiger charge is -2.38. The SMILES string of the molecule is CC(CC(C)C(C)(C)C)C(C)C1CCC1. The molecule has 0 amide bonds. The second-order valence-electron chi connectivity index (χ2n) is 7.03. The Labute approximate surface area is 96.8 Å². The molecule has 0 aromatic heterocycles. The summed E-state index contributed by atoms with van der Waals surface area (Å²) in [7, 11) is 0. The second kappa shape index (κ2) is 4.89. The zero-order valence-electron chi connectivity index (χ0n) is 11.6. The quantitative estimate of drug-likeness (QED) is 0.603. The van der Waals surface area contributed by atoms with Crippen molar-refractivity contribution in [1.29, 1.82) is 0 Å². The zero-order valence-corrected chi connectivity index (χ0v) is 11.6. The summed E-state index contributed by atoms with van der Waals surface area (Å²) >= 11 is 0. The number of hydrogen-bond acceptors (Lipinski definition) is 0. The Hall–Kier alpha value is 0. The Morgan fingerprint density at radius 2 is 1.60 bits per heavy atom. The first kappa shape index (κ1) is 13.1. The summed E-state index contributed by atoms with van der Waals surface area (Å²) in [5.74, 6) is 3.75. The third-order valence-electron chi connectivity index (χ3n) is 4.99. The largest absolute Gasteiger partial charge is 0.0622 e. The summed E-state index contributed by atoms with van der Waals surface area (Å²) in [6, 6.07) is 0. The zero-order chi connectivity index (χ0) is 11.6. The van der Waals surface area contributed by atoms with E-state index in [2.05, 4.69) is 41.5 Å². The third-order valence-corrected chi connectivity index (χ3v) is 4.99. The van der Waals surface area contributed by atoms with Crippen molar-refractivity contribution in [1.82, 2.24) is 0 Å². The first-order chi connectivity index (χ1) is 6.82. The maximum absolute atomic E-state index is 2.48. The highest BCUT2D eigenvalue weighted by Crippen LogP contribution is 2.40. The minimum atomic E-state index is 0.480. The van der Waals surface area contributed by atoms with E-state index < -0.39 is 0 Å². The summed E-state index contributed by atoms with van der Waals surface area (Å²) < 4.78 is 0. The van der Waals surface area contributed by atoms with Crippen LogP contribution in [-0.2, 0) is 0 Å². The van der Waals surface area contributed by atoms with Gasteiger partial charge in [-0.05, 0) is 35.5 Å². The molecule has 3 atom stereocenters. The van der Waals surface area contributed by atoms with Crippen molar-refractivity contribution < 1.29 is 0 Å². The fourth-order valence-electron chi connectivity index (χ4n) is 2.56. The van der Waals surface area contributed by atoms with Gasteiger partial charge >= 0.3 is 0 Å². The van der Waals surface area contributed by atoms with Gasteiger partial charge in [0.25, 0.3) is 0 Å². The predicted molar refractivity (Wildman–Crippen MR) is 68.9 cm³/mol. The summed E-state index contributed by atoms with van der Waals surface area (Å²) in [4.78, 5) is 0. The third kappa shape index (κ3) is 3.50. The Morgan fingerprint density at radius 1 is 1.07 bits per heavy atom. The van der Waals surface area contributed by atoms with Crippen molar-refractivity contribution in [2.75, 3.05) is 0 Å². The molecule has 1 saturated carbocycles. The highest BCUT2D eigenvalue weighted by molar-refractivity contribution is 4.81. The van der Waals surface area contributed by atoms with Gasteiger partial charge in [-0.3, -0.25) is 0 Å². The molecule has 0 nitrogen and oxygen atoms in total. The van der Waals surface area contributed by atoms with Crippen molar-refractivity contribution >= 4 is 0 Å². The molecular formula is C15H30. The molecule has 0 aromatic rings. The van der Waals surface area contributed by atoms with Crippen LogP contribution in [0.2, 0.25) is 0 Å². The fourth-order valence-corrected chi connectivity index (χ4v) is 2.56. The van der Waals surface area contributed by atoms with E-state index in [9.17, 15) is 0 Å². The highest BCUT2D eigenvalue weighted by Gasteiger charge is 2.30. The molecule has 0 saturated heterocycles.